The second-order valence-corrected chi connectivity index (χ2v) is 32.5. The number of hydrogen-bond acceptors (Lipinski definition) is 12. The van der Waals surface area contributed by atoms with Crippen LogP contribution in [0, 0.1) is 53.4 Å². The Morgan fingerprint density at radius 1 is 0.280 bits per heavy atom. The Kier molecular flexibility index (Phi) is 21.9. The number of nitrogens with zero attached hydrogens (tertiary/aromatic N) is 4. The smallest absolute Gasteiger partial charge is 0.207 e. The largest absolute Gasteiger partial charge is 0.243 e. The average Bonchev–Trinajstić information content (AvgIpc) is 3.10. The number of aryl methyl sites for hydroxylation is 6. The molecule has 0 radical (unpaired) electrons. The third-order valence-corrected chi connectivity index (χ3v) is 24.7. The molecule has 0 unspecified atom stereocenters. The molecule has 0 aliphatic rings. The van der Waals surface area contributed by atoms with Crippen LogP contribution in [0.15, 0.2) is 175 Å². The minimum atomic E-state index is -4.61. The van der Waals surface area contributed by atoms with E-state index in [1.807, 2.05) is 0 Å². The molecule has 2 atom stereocenters. The van der Waals surface area contributed by atoms with Crippen LogP contribution in [-0.2, 0) is 60.1 Å². The van der Waals surface area contributed by atoms with Gasteiger partial charge in [0, 0.05) is 64.4 Å². The van der Waals surface area contributed by atoms with Crippen molar-refractivity contribution in [3.8, 4) is 0 Å². The molecule has 24 heteroatoms. The molecule has 0 bridgehead atoms. The van der Waals surface area contributed by atoms with Gasteiger partial charge in [0.1, 0.15) is 0 Å². The maximum absolute atomic E-state index is 15.0. The zero-order valence-corrected chi connectivity index (χ0v) is 52.9. The molecule has 0 amide bonds. The van der Waals surface area contributed by atoms with Gasteiger partial charge in [0.15, 0.2) is 0 Å². The molecule has 0 aliphatic carbocycles. The van der Waals surface area contributed by atoms with Crippen molar-refractivity contribution in [1.29, 1.82) is 0 Å². The molecule has 0 fully saturated rings. The van der Waals surface area contributed by atoms with Crippen molar-refractivity contribution in [1.82, 2.24) is 26.7 Å². The molecule has 0 heterocycles. The zero-order chi connectivity index (χ0) is 60.6. The second kappa shape index (κ2) is 27.2. The molecule has 446 valence electrons. The first-order chi connectivity index (χ1) is 38.2. The average molecular weight is 1240 g/mol. The lowest BCUT2D eigenvalue weighted by Crippen LogP contribution is -2.51. The summed E-state index contributed by atoms with van der Waals surface area (Å²) in [5.41, 5.74) is 4.63. The summed E-state index contributed by atoms with van der Waals surface area (Å²) in [5, 5.41) is 0. The Bertz CT molecular complexity index is 3560. The highest BCUT2D eigenvalue weighted by molar-refractivity contribution is 7.90. The Balaban J connectivity index is 1.42. The molecule has 2 N–H and O–H groups in total. The monoisotopic (exact) mass is 1240 g/mol. The number of nitrogens with one attached hydrogen (secondary N) is 2. The Labute approximate surface area is 487 Å². The summed E-state index contributed by atoms with van der Waals surface area (Å²) in [6, 6.07) is 34.0. The minimum absolute atomic E-state index is 0.0458. The van der Waals surface area contributed by atoms with Crippen LogP contribution >= 0.6 is 0 Å². The molecule has 82 heavy (non-hydrogen) atoms. The lowest BCUT2D eigenvalue weighted by molar-refractivity contribution is 0.278. The van der Waals surface area contributed by atoms with Gasteiger partial charge in [-0.25, -0.2) is 60.0 Å². The van der Waals surface area contributed by atoms with Crippen molar-refractivity contribution in [2.24, 2.45) is 11.8 Å². The SMILES string of the molecule is Cc1ccc(S(=O)(=O)N[C@H](CN(CCN(CCN(CCN(C[C@@H](NS(=O)(=O)c2ccc(C)cc2)C(C)C)S(=O)(=O)c2ccc(C)cc2)S(=O)(=O)c2ccc(C)cc2)S(=O)(=O)c2ccc(C)cc2)S(=O)(=O)c2ccc(C)cc2)C(C)C)cc1. The molecule has 6 aromatic carbocycles. The molecule has 18 nitrogen and oxygen atoms in total. The molecule has 0 spiro atoms. The fraction of sp³-hybridized carbons (Fsp3) is 0.379. The van der Waals surface area contributed by atoms with E-state index in [1.165, 1.54) is 72.8 Å². The quantitative estimate of drug-likeness (QED) is 0.0461. The molecular formula is C58H76N6O12S6. The predicted octanol–water partition coefficient (Wildman–Crippen LogP) is 7.61. The van der Waals surface area contributed by atoms with Crippen molar-refractivity contribution < 1.29 is 50.5 Å². The summed E-state index contributed by atoms with van der Waals surface area (Å²) in [5.74, 6) is -0.995. The standard InChI is InChI=1S/C58H76N6O12S6/c1-43(2)57(59-77(65,66)51-23-11-45(5)12-24-51)41-63(81(73,74)55-31-19-49(9)20-32-55)39-37-61(79(69,70)53-27-15-47(7)16-28-53)35-36-62(80(71,72)54-29-17-48(8)18-30-54)38-40-64(82(75,76)56-33-21-50(10)22-34-56)42-58(44(3)4)60-78(67,68)52-25-13-46(6)14-26-52/h11-34,43-44,57-60H,35-42H2,1-10H3/t57-,58-/m1/s1. The van der Waals surface area contributed by atoms with Crippen LogP contribution in [0.1, 0.15) is 61.1 Å². The van der Waals surface area contributed by atoms with E-state index in [4.69, 9.17) is 0 Å². The molecule has 0 aromatic heterocycles. The Hall–Kier alpha value is -5.22. The van der Waals surface area contributed by atoms with E-state index < -0.39 is 136 Å². The maximum Gasteiger partial charge on any atom is 0.243 e. The molecular weight excluding hydrogens is 1170 g/mol. The van der Waals surface area contributed by atoms with Gasteiger partial charge in [-0.1, -0.05) is 134 Å². The number of hydrogen-bond donors (Lipinski definition) is 2. The second-order valence-electron chi connectivity index (χ2n) is 21.4. The first-order valence-electron chi connectivity index (χ1n) is 26.7. The summed E-state index contributed by atoms with van der Waals surface area (Å²) in [7, 11) is -26.7. The molecule has 6 rings (SSSR count). The van der Waals surface area contributed by atoms with Gasteiger partial charge in [-0.3, -0.25) is 0 Å². The van der Waals surface area contributed by atoms with E-state index in [0.29, 0.717) is 0 Å². The van der Waals surface area contributed by atoms with E-state index in [-0.39, 0.29) is 29.4 Å². The van der Waals surface area contributed by atoms with Crippen molar-refractivity contribution in [2.45, 2.75) is 111 Å². The number of rotatable bonds is 29. The van der Waals surface area contributed by atoms with Gasteiger partial charge in [0.05, 0.1) is 29.4 Å². The summed E-state index contributed by atoms with van der Waals surface area (Å²) in [4.78, 5) is -0.747. The molecule has 0 aliphatic heterocycles. The van der Waals surface area contributed by atoms with E-state index in [0.717, 1.165) is 50.6 Å². The summed E-state index contributed by atoms with van der Waals surface area (Å²) < 4.78 is 184. The number of sulfonamides is 6. The van der Waals surface area contributed by atoms with Gasteiger partial charge >= 0.3 is 0 Å². The van der Waals surface area contributed by atoms with E-state index in [2.05, 4.69) is 9.44 Å². The topological polar surface area (TPSA) is 242 Å². The van der Waals surface area contributed by atoms with Crippen LogP contribution in [0.3, 0.4) is 0 Å². The molecule has 0 saturated heterocycles. The van der Waals surface area contributed by atoms with Gasteiger partial charge in [-0.2, -0.15) is 17.2 Å². The first kappa shape index (κ1) is 65.9. The lowest BCUT2D eigenvalue weighted by atomic mass is 10.1. The van der Waals surface area contributed by atoms with Crippen molar-refractivity contribution >= 4 is 60.1 Å². The lowest BCUT2D eigenvalue weighted by Gasteiger charge is -2.33. The van der Waals surface area contributed by atoms with Crippen LogP contribution < -0.4 is 9.44 Å². The van der Waals surface area contributed by atoms with Gasteiger partial charge in [0.25, 0.3) is 0 Å². The van der Waals surface area contributed by atoms with Crippen LogP contribution in [-0.4, -0.2) is 132 Å². The van der Waals surface area contributed by atoms with Crippen LogP contribution in [0.4, 0.5) is 0 Å². The van der Waals surface area contributed by atoms with E-state index in [9.17, 15) is 33.7 Å². The fourth-order valence-electron chi connectivity index (χ4n) is 8.61. The van der Waals surface area contributed by atoms with E-state index >= 15 is 16.8 Å². The minimum Gasteiger partial charge on any atom is -0.207 e. The molecule has 0 saturated carbocycles. The van der Waals surface area contributed by atoms with Crippen LogP contribution in [0.25, 0.3) is 0 Å². The van der Waals surface area contributed by atoms with Crippen molar-refractivity contribution in [3.63, 3.8) is 0 Å². The summed E-state index contributed by atoms with van der Waals surface area (Å²) in [6.07, 6.45) is 0. The van der Waals surface area contributed by atoms with Crippen LogP contribution in [0.2, 0.25) is 0 Å². The predicted molar refractivity (Wildman–Crippen MR) is 320 cm³/mol. The van der Waals surface area contributed by atoms with Gasteiger partial charge < -0.3 is 0 Å². The maximum atomic E-state index is 15.0. The fourth-order valence-corrected chi connectivity index (χ4v) is 17.1. The zero-order valence-electron chi connectivity index (χ0n) is 48.0. The Morgan fingerprint density at radius 2 is 0.451 bits per heavy atom. The van der Waals surface area contributed by atoms with E-state index in [1.54, 1.807) is 142 Å². The third kappa shape index (κ3) is 16.8. The summed E-state index contributed by atoms with van der Waals surface area (Å²) in [6.45, 7) is 13.3. The van der Waals surface area contributed by atoms with Gasteiger partial charge in [-0.05, 0) is 126 Å². The highest BCUT2D eigenvalue weighted by Gasteiger charge is 2.37. The molecule has 6 aromatic rings. The van der Waals surface area contributed by atoms with Crippen LogP contribution in [0.5, 0.6) is 0 Å². The highest BCUT2D eigenvalue weighted by Crippen LogP contribution is 2.26. The Morgan fingerprint density at radius 3 is 0.646 bits per heavy atom. The third-order valence-electron chi connectivity index (χ3n) is 14.1. The first-order valence-corrected chi connectivity index (χ1v) is 35.4. The number of benzene rings is 6. The van der Waals surface area contributed by atoms with Crippen molar-refractivity contribution in [2.75, 3.05) is 52.4 Å². The highest BCUT2D eigenvalue weighted by atomic mass is 32.2. The normalized spacial score (nSPS) is 13.9. The van der Waals surface area contributed by atoms with Crippen molar-refractivity contribution in [3.05, 3.63) is 179 Å². The van der Waals surface area contributed by atoms with Gasteiger partial charge in [0.2, 0.25) is 60.1 Å². The van der Waals surface area contributed by atoms with Gasteiger partial charge in [-0.15, -0.1) is 0 Å². The summed E-state index contributed by atoms with van der Waals surface area (Å²) >= 11 is 0.